The van der Waals surface area contributed by atoms with Gasteiger partial charge in [0.25, 0.3) is 0 Å². The van der Waals surface area contributed by atoms with E-state index < -0.39 is 22.0 Å². The van der Waals surface area contributed by atoms with Crippen molar-refractivity contribution >= 4 is 27.3 Å². The maximum atomic E-state index is 12.7. The third-order valence-electron chi connectivity index (χ3n) is 3.95. The number of sulfonamides is 1. The van der Waals surface area contributed by atoms with E-state index in [1.807, 2.05) is 30.3 Å². The average Bonchev–Trinajstić information content (AvgIpc) is 2.85. The maximum Gasteiger partial charge on any atom is 0.322 e. The van der Waals surface area contributed by atoms with E-state index in [-0.39, 0.29) is 17.4 Å². The summed E-state index contributed by atoms with van der Waals surface area (Å²) in [6.07, 6.45) is 0. The van der Waals surface area contributed by atoms with Crippen LogP contribution in [0.2, 0.25) is 0 Å². The normalized spacial score (nSPS) is 22.2. The first-order valence-electron chi connectivity index (χ1n) is 6.76. The molecule has 0 unspecified atom stereocenters. The van der Waals surface area contributed by atoms with Crippen LogP contribution in [0.5, 0.6) is 0 Å². The first-order chi connectivity index (χ1) is 10.4. The van der Waals surface area contributed by atoms with Gasteiger partial charge in [-0.25, -0.2) is 8.42 Å². The molecular formula is C15H15NO4S2. The molecule has 2 aromatic rings. The van der Waals surface area contributed by atoms with Gasteiger partial charge in [0, 0.05) is 17.3 Å². The lowest BCUT2D eigenvalue weighted by Crippen LogP contribution is -2.60. The highest BCUT2D eigenvalue weighted by Gasteiger charge is 2.51. The lowest BCUT2D eigenvalue weighted by molar-refractivity contribution is -0.146. The summed E-state index contributed by atoms with van der Waals surface area (Å²) < 4.78 is 26.4. The lowest BCUT2D eigenvalue weighted by atomic mass is 9.85. The van der Waals surface area contributed by atoms with Gasteiger partial charge in [0.2, 0.25) is 10.0 Å². The average molecular weight is 337 g/mol. The van der Waals surface area contributed by atoms with Crippen molar-refractivity contribution < 1.29 is 18.3 Å². The Balaban J connectivity index is 1.94. The molecule has 5 nitrogen and oxygen atoms in total. The Bertz CT molecular complexity index is 798. The number of carboxylic acids is 1. The van der Waals surface area contributed by atoms with Crippen molar-refractivity contribution in [2.24, 2.45) is 0 Å². The van der Waals surface area contributed by atoms with Crippen LogP contribution in [0.4, 0.5) is 0 Å². The zero-order valence-corrected chi connectivity index (χ0v) is 13.5. The number of hydrogen-bond donors (Lipinski definition) is 1. The summed E-state index contributed by atoms with van der Waals surface area (Å²) in [7, 11) is -3.76. The number of aryl methyl sites for hydroxylation is 1. The minimum Gasteiger partial charge on any atom is -0.480 e. The molecule has 1 aromatic heterocycles. The molecule has 0 spiro atoms. The summed E-state index contributed by atoms with van der Waals surface area (Å²) in [6, 6.07) is 9.65. The minimum atomic E-state index is -3.76. The zero-order valence-electron chi connectivity index (χ0n) is 11.8. The Hall–Kier alpha value is -1.70. The Morgan fingerprint density at radius 3 is 2.50 bits per heavy atom. The third-order valence-corrected chi connectivity index (χ3v) is 6.91. The Morgan fingerprint density at radius 1 is 1.27 bits per heavy atom. The first-order valence-corrected chi connectivity index (χ1v) is 9.08. The number of hydrogen-bond acceptors (Lipinski definition) is 4. The van der Waals surface area contributed by atoms with Crippen LogP contribution in [0.3, 0.4) is 0 Å². The minimum absolute atomic E-state index is 0.193. The fourth-order valence-electron chi connectivity index (χ4n) is 2.77. The second kappa shape index (κ2) is 5.49. The van der Waals surface area contributed by atoms with E-state index in [2.05, 4.69) is 0 Å². The standard InChI is InChI=1S/C15H15NO4S2/c1-10-13(7-8-21-10)22(19,20)16-9-12(14(16)15(17)18)11-5-3-2-4-6-11/h2-8,12,14H,9H2,1H3,(H,17,18)/t12-,14+/m1/s1. The smallest absolute Gasteiger partial charge is 0.322 e. The highest BCUT2D eigenvalue weighted by Crippen LogP contribution is 2.39. The molecule has 0 bridgehead atoms. The number of benzene rings is 1. The van der Waals surface area contributed by atoms with Crippen LogP contribution in [0.15, 0.2) is 46.7 Å². The van der Waals surface area contributed by atoms with Crippen molar-refractivity contribution in [1.82, 2.24) is 4.31 Å². The maximum absolute atomic E-state index is 12.7. The van der Waals surface area contributed by atoms with E-state index in [1.165, 1.54) is 17.4 Å². The fourth-order valence-corrected chi connectivity index (χ4v) is 5.66. The molecule has 2 atom stereocenters. The SMILES string of the molecule is Cc1sccc1S(=O)(=O)N1C[C@H](c2ccccc2)[C@H]1C(=O)O. The van der Waals surface area contributed by atoms with Crippen LogP contribution < -0.4 is 0 Å². The van der Waals surface area contributed by atoms with Crippen LogP contribution in [-0.4, -0.2) is 36.4 Å². The molecule has 1 aromatic carbocycles. The summed E-state index contributed by atoms with van der Waals surface area (Å²) in [5.74, 6) is -1.43. The molecule has 1 aliphatic rings. The van der Waals surface area contributed by atoms with Crippen molar-refractivity contribution in [3.63, 3.8) is 0 Å². The number of nitrogens with zero attached hydrogens (tertiary/aromatic N) is 1. The highest BCUT2D eigenvalue weighted by molar-refractivity contribution is 7.89. The van der Waals surface area contributed by atoms with E-state index in [4.69, 9.17) is 0 Å². The summed E-state index contributed by atoms with van der Waals surface area (Å²) >= 11 is 1.34. The van der Waals surface area contributed by atoms with Crippen molar-refractivity contribution in [3.05, 3.63) is 52.2 Å². The number of carbonyl (C=O) groups is 1. The molecule has 116 valence electrons. The van der Waals surface area contributed by atoms with Gasteiger partial charge in [-0.3, -0.25) is 4.79 Å². The molecule has 1 saturated heterocycles. The van der Waals surface area contributed by atoms with E-state index in [9.17, 15) is 18.3 Å². The van der Waals surface area contributed by atoms with Gasteiger partial charge in [-0.1, -0.05) is 30.3 Å². The second-order valence-electron chi connectivity index (χ2n) is 5.22. The molecule has 1 aliphatic heterocycles. The quantitative estimate of drug-likeness (QED) is 0.929. The van der Waals surface area contributed by atoms with E-state index >= 15 is 0 Å². The van der Waals surface area contributed by atoms with Crippen LogP contribution in [-0.2, 0) is 14.8 Å². The van der Waals surface area contributed by atoms with Crippen LogP contribution in [0.1, 0.15) is 16.4 Å². The largest absolute Gasteiger partial charge is 0.480 e. The van der Waals surface area contributed by atoms with Gasteiger partial charge in [-0.15, -0.1) is 11.3 Å². The summed E-state index contributed by atoms with van der Waals surface area (Å²) in [5, 5.41) is 11.2. The molecule has 0 amide bonds. The Labute approximate surface area is 132 Å². The monoisotopic (exact) mass is 337 g/mol. The van der Waals surface area contributed by atoms with Gasteiger partial charge < -0.3 is 5.11 Å². The lowest BCUT2D eigenvalue weighted by Gasteiger charge is -2.44. The summed E-state index contributed by atoms with van der Waals surface area (Å²) in [4.78, 5) is 12.5. The molecule has 7 heteroatoms. The molecule has 0 aliphatic carbocycles. The fraction of sp³-hybridized carbons (Fsp3) is 0.267. The van der Waals surface area contributed by atoms with Crippen LogP contribution in [0, 0.1) is 6.92 Å². The van der Waals surface area contributed by atoms with Gasteiger partial charge in [0.05, 0.1) is 4.90 Å². The van der Waals surface area contributed by atoms with E-state index in [0.29, 0.717) is 4.88 Å². The molecule has 0 radical (unpaired) electrons. The molecule has 2 heterocycles. The Morgan fingerprint density at radius 2 is 1.95 bits per heavy atom. The Kier molecular flexibility index (Phi) is 3.80. The molecule has 22 heavy (non-hydrogen) atoms. The first kappa shape index (κ1) is 15.2. The third kappa shape index (κ3) is 2.35. The number of carboxylic acid groups (broad SMARTS) is 1. The second-order valence-corrected chi connectivity index (χ2v) is 8.20. The van der Waals surface area contributed by atoms with Crippen molar-refractivity contribution in [1.29, 1.82) is 0 Å². The molecule has 3 rings (SSSR count). The molecule has 1 N–H and O–H groups in total. The zero-order chi connectivity index (χ0) is 15.9. The van der Waals surface area contributed by atoms with Gasteiger partial charge in [0.1, 0.15) is 6.04 Å². The van der Waals surface area contributed by atoms with E-state index in [0.717, 1.165) is 9.87 Å². The van der Waals surface area contributed by atoms with Gasteiger partial charge in [-0.2, -0.15) is 4.31 Å². The van der Waals surface area contributed by atoms with Gasteiger partial charge in [0.15, 0.2) is 0 Å². The molecular weight excluding hydrogens is 322 g/mol. The van der Waals surface area contributed by atoms with Gasteiger partial charge in [-0.05, 0) is 23.9 Å². The van der Waals surface area contributed by atoms with Gasteiger partial charge >= 0.3 is 5.97 Å². The number of aliphatic carboxylic acids is 1. The number of rotatable bonds is 4. The highest BCUT2D eigenvalue weighted by atomic mass is 32.2. The molecule has 1 fully saturated rings. The van der Waals surface area contributed by atoms with Crippen LogP contribution >= 0.6 is 11.3 Å². The van der Waals surface area contributed by atoms with Crippen molar-refractivity contribution in [2.45, 2.75) is 23.8 Å². The number of thiophene rings is 1. The van der Waals surface area contributed by atoms with E-state index in [1.54, 1.807) is 12.3 Å². The predicted octanol–water partition coefficient (Wildman–Crippen LogP) is 2.30. The topological polar surface area (TPSA) is 74.7 Å². The molecule has 0 saturated carbocycles. The predicted molar refractivity (Wildman–Crippen MR) is 83.6 cm³/mol. The van der Waals surface area contributed by atoms with Crippen molar-refractivity contribution in [3.8, 4) is 0 Å². The summed E-state index contributed by atoms with van der Waals surface area (Å²) in [6.45, 7) is 1.92. The van der Waals surface area contributed by atoms with Crippen molar-refractivity contribution in [2.75, 3.05) is 6.54 Å². The summed E-state index contributed by atoms with van der Waals surface area (Å²) in [5.41, 5.74) is 0.850. The van der Waals surface area contributed by atoms with Crippen LogP contribution in [0.25, 0.3) is 0 Å².